The van der Waals surface area contributed by atoms with Gasteiger partial charge in [-0.25, -0.2) is 4.79 Å². The van der Waals surface area contributed by atoms with Crippen LogP contribution in [0.1, 0.15) is 23.1 Å². The van der Waals surface area contributed by atoms with E-state index in [2.05, 4.69) is 24.9 Å². The molecule has 1 aromatic heterocycles. The van der Waals surface area contributed by atoms with E-state index in [4.69, 9.17) is 9.15 Å². The van der Waals surface area contributed by atoms with Gasteiger partial charge in [0.2, 0.25) is 0 Å². The van der Waals surface area contributed by atoms with Crippen LogP contribution in [0.25, 0.3) is 11.0 Å². The standard InChI is InChI=1S/C17H23NO3/c1-12-8-15-14(11-18(3)6-5-7-20-4)10-17(19)21-16(15)9-13(12)2/h8-10H,5-7,11H2,1-4H3. The van der Waals surface area contributed by atoms with Crippen LogP contribution in [0, 0.1) is 13.8 Å². The van der Waals surface area contributed by atoms with Gasteiger partial charge in [-0.3, -0.25) is 0 Å². The molecule has 1 heterocycles. The molecule has 0 saturated carbocycles. The minimum atomic E-state index is -0.286. The number of fused-ring (bicyclic) bond motifs is 1. The van der Waals surface area contributed by atoms with Crippen molar-refractivity contribution in [3.8, 4) is 0 Å². The van der Waals surface area contributed by atoms with Gasteiger partial charge in [0.25, 0.3) is 0 Å². The van der Waals surface area contributed by atoms with Crippen LogP contribution in [0.4, 0.5) is 0 Å². The Labute approximate surface area is 125 Å². The van der Waals surface area contributed by atoms with Crippen molar-refractivity contribution in [1.29, 1.82) is 0 Å². The Bertz CT molecular complexity index is 676. The molecule has 0 aliphatic carbocycles. The number of ether oxygens (including phenoxy) is 1. The van der Waals surface area contributed by atoms with Gasteiger partial charge in [0.1, 0.15) is 5.58 Å². The summed E-state index contributed by atoms with van der Waals surface area (Å²) in [5, 5.41) is 1.02. The lowest BCUT2D eigenvalue weighted by molar-refractivity contribution is 0.178. The Morgan fingerprint density at radius 1 is 1.19 bits per heavy atom. The molecule has 0 unspecified atom stereocenters. The molecule has 0 fully saturated rings. The molecule has 0 saturated heterocycles. The molecule has 0 N–H and O–H groups in total. The molecule has 0 bridgehead atoms. The van der Waals surface area contributed by atoms with E-state index in [-0.39, 0.29) is 5.63 Å². The molecular weight excluding hydrogens is 266 g/mol. The first-order valence-electron chi connectivity index (χ1n) is 7.22. The zero-order valence-corrected chi connectivity index (χ0v) is 13.2. The summed E-state index contributed by atoms with van der Waals surface area (Å²) in [7, 11) is 3.76. The van der Waals surface area contributed by atoms with Crippen molar-refractivity contribution in [2.75, 3.05) is 27.3 Å². The van der Waals surface area contributed by atoms with Crippen molar-refractivity contribution in [2.24, 2.45) is 0 Å². The van der Waals surface area contributed by atoms with Gasteiger partial charge in [-0.15, -0.1) is 0 Å². The van der Waals surface area contributed by atoms with E-state index in [1.54, 1.807) is 13.2 Å². The largest absolute Gasteiger partial charge is 0.423 e. The average molecular weight is 289 g/mol. The summed E-state index contributed by atoms with van der Waals surface area (Å²) in [6, 6.07) is 5.65. The third kappa shape index (κ3) is 3.93. The van der Waals surface area contributed by atoms with E-state index in [0.717, 1.165) is 42.6 Å². The van der Waals surface area contributed by atoms with E-state index in [9.17, 15) is 4.79 Å². The third-order valence-corrected chi connectivity index (χ3v) is 3.77. The molecule has 0 aliphatic rings. The van der Waals surface area contributed by atoms with Crippen LogP contribution >= 0.6 is 0 Å². The van der Waals surface area contributed by atoms with Crippen molar-refractivity contribution in [3.05, 3.63) is 45.3 Å². The number of aryl methyl sites for hydroxylation is 2. The fourth-order valence-electron chi connectivity index (χ4n) is 2.46. The zero-order chi connectivity index (χ0) is 15.4. The number of rotatable bonds is 6. The highest BCUT2D eigenvalue weighted by Crippen LogP contribution is 2.22. The topological polar surface area (TPSA) is 42.7 Å². The summed E-state index contributed by atoms with van der Waals surface area (Å²) in [6.45, 7) is 6.51. The smallest absolute Gasteiger partial charge is 0.336 e. The average Bonchev–Trinajstić information content (AvgIpc) is 2.41. The molecule has 0 radical (unpaired) electrons. The molecule has 4 nitrogen and oxygen atoms in total. The van der Waals surface area contributed by atoms with E-state index in [1.807, 2.05) is 13.0 Å². The number of hydrogen-bond donors (Lipinski definition) is 0. The van der Waals surface area contributed by atoms with Crippen LogP contribution in [0.15, 0.2) is 27.4 Å². The maximum absolute atomic E-state index is 11.7. The quantitative estimate of drug-likeness (QED) is 0.606. The predicted molar refractivity (Wildman–Crippen MR) is 84.8 cm³/mol. The predicted octanol–water partition coefficient (Wildman–Crippen LogP) is 2.88. The highest BCUT2D eigenvalue weighted by molar-refractivity contribution is 5.81. The summed E-state index contributed by atoms with van der Waals surface area (Å²) < 4.78 is 10.4. The van der Waals surface area contributed by atoms with Gasteiger partial charge in [-0.1, -0.05) is 0 Å². The van der Waals surface area contributed by atoms with Gasteiger partial charge in [0, 0.05) is 38.3 Å². The minimum Gasteiger partial charge on any atom is -0.423 e. The molecule has 114 valence electrons. The minimum absolute atomic E-state index is 0.286. The highest BCUT2D eigenvalue weighted by Gasteiger charge is 2.09. The zero-order valence-electron chi connectivity index (χ0n) is 13.2. The first kappa shape index (κ1) is 15.7. The monoisotopic (exact) mass is 289 g/mol. The fraction of sp³-hybridized carbons (Fsp3) is 0.471. The van der Waals surface area contributed by atoms with E-state index in [0.29, 0.717) is 5.58 Å². The molecule has 2 aromatic rings. The molecule has 2 rings (SSSR count). The van der Waals surface area contributed by atoms with Crippen LogP contribution in [0.2, 0.25) is 0 Å². The van der Waals surface area contributed by atoms with Gasteiger partial charge >= 0.3 is 5.63 Å². The van der Waals surface area contributed by atoms with Crippen LogP contribution in [0.5, 0.6) is 0 Å². The lowest BCUT2D eigenvalue weighted by atomic mass is 10.0. The molecule has 1 aromatic carbocycles. The van der Waals surface area contributed by atoms with E-state index >= 15 is 0 Å². The van der Waals surface area contributed by atoms with Crippen molar-refractivity contribution in [2.45, 2.75) is 26.8 Å². The summed E-state index contributed by atoms with van der Waals surface area (Å²) in [4.78, 5) is 13.9. The van der Waals surface area contributed by atoms with Crippen LogP contribution < -0.4 is 5.63 Å². The Hall–Kier alpha value is -1.65. The van der Waals surface area contributed by atoms with Gasteiger partial charge in [-0.05, 0) is 56.1 Å². The number of hydrogen-bond acceptors (Lipinski definition) is 4. The van der Waals surface area contributed by atoms with Crippen LogP contribution in [-0.4, -0.2) is 32.2 Å². The van der Waals surface area contributed by atoms with Crippen molar-refractivity contribution < 1.29 is 9.15 Å². The second kappa shape index (κ2) is 6.87. The van der Waals surface area contributed by atoms with Crippen molar-refractivity contribution in [3.63, 3.8) is 0 Å². The number of methoxy groups -OCH3 is 1. The van der Waals surface area contributed by atoms with Crippen molar-refractivity contribution in [1.82, 2.24) is 4.90 Å². The maximum Gasteiger partial charge on any atom is 0.336 e. The van der Waals surface area contributed by atoms with Gasteiger partial charge in [0.05, 0.1) is 0 Å². The number of nitrogens with zero attached hydrogens (tertiary/aromatic N) is 1. The van der Waals surface area contributed by atoms with E-state index in [1.165, 1.54) is 5.56 Å². The Morgan fingerprint density at radius 3 is 2.62 bits per heavy atom. The molecule has 0 amide bonds. The summed E-state index contributed by atoms with van der Waals surface area (Å²) in [6.07, 6.45) is 0.977. The second-order valence-corrected chi connectivity index (χ2v) is 5.61. The van der Waals surface area contributed by atoms with Crippen molar-refractivity contribution >= 4 is 11.0 Å². The number of benzene rings is 1. The summed E-state index contributed by atoms with van der Waals surface area (Å²) >= 11 is 0. The highest BCUT2D eigenvalue weighted by atomic mass is 16.5. The normalized spacial score (nSPS) is 11.5. The molecule has 4 heteroatoms. The fourth-order valence-corrected chi connectivity index (χ4v) is 2.46. The van der Waals surface area contributed by atoms with Crippen LogP contribution in [-0.2, 0) is 11.3 Å². The van der Waals surface area contributed by atoms with Crippen LogP contribution in [0.3, 0.4) is 0 Å². The lowest BCUT2D eigenvalue weighted by Gasteiger charge is -2.17. The van der Waals surface area contributed by atoms with Gasteiger partial charge < -0.3 is 14.1 Å². The lowest BCUT2D eigenvalue weighted by Crippen LogP contribution is -2.21. The summed E-state index contributed by atoms with van der Waals surface area (Å²) in [5.41, 5.74) is 3.75. The first-order chi connectivity index (χ1) is 10.0. The first-order valence-corrected chi connectivity index (χ1v) is 7.22. The molecular formula is C17H23NO3. The van der Waals surface area contributed by atoms with E-state index < -0.39 is 0 Å². The summed E-state index contributed by atoms with van der Waals surface area (Å²) in [5.74, 6) is 0. The molecule has 0 aliphatic heterocycles. The maximum atomic E-state index is 11.7. The molecule has 21 heavy (non-hydrogen) atoms. The van der Waals surface area contributed by atoms with Gasteiger partial charge in [-0.2, -0.15) is 0 Å². The third-order valence-electron chi connectivity index (χ3n) is 3.77. The Balaban J connectivity index is 2.30. The molecule has 0 spiro atoms. The Morgan fingerprint density at radius 2 is 1.90 bits per heavy atom. The van der Waals surface area contributed by atoms with Gasteiger partial charge in [0.15, 0.2) is 0 Å². The SMILES string of the molecule is COCCCN(C)Cc1cc(=O)oc2cc(C)c(C)cc12. The molecule has 0 atom stereocenters. The second-order valence-electron chi connectivity index (χ2n) is 5.61. The Kier molecular flexibility index (Phi) is 5.15.